The Labute approximate surface area is 127 Å². The summed E-state index contributed by atoms with van der Waals surface area (Å²) >= 11 is 0. The van der Waals surface area contributed by atoms with Gasteiger partial charge in [-0.05, 0) is 26.0 Å². The highest BCUT2D eigenvalue weighted by atomic mass is 16.6. The molecule has 0 aliphatic heterocycles. The molecule has 0 amide bonds. The van der Waals surface area contributed by atoms with Crippen LogP contribution in [0.15, 0.2) is 73.1 Å². The van der Waals surface area contributed by atoms with E-state index in [0.29, 0.717) is 0 Å². The highest BCUT2D eigenvalue weighted by molar-refractivity contribution is 5.27. The van der Waals surface area contributed by atoms with Crippen molar-refractivity contribution in [3.05, 3.63) is 83.2 Å². The molecule has 0 fully saturated rings. The number of rotatable bonds is 1. The van der Waals surface area contributed by atoms with Crippen molar-refractivity contribution in [1.82, 2.24) is 4.98 Å². The summed E-state index contributed by atoms with van der Waals surface area (Å²) in [6.07, 6.45) is 7.50. The monoisotopic (exact) mass is 288 g/mol. The minimum absolute atomic E-state index is 0.137. The molecule has 0 atom stereocenters. The molecule has 0 bridgehead atoms. The van der Waals surface area contributed by atoms with Crippen LogP contribution in [0.2, 0.25) is 0 Å². The molecule has 1 heterocycles. The molecule has 1 aromatic heterocycles. The van der Waals surface area contributed by atoms with Gasteiger partial charge in [-0.2, -0.15) is 0 Å². The van der Waals surface area contributed by atoms with E-state index >= 15 is 0 Å². The molecule has 0 aliphatic rings. The van der Waals surface area contributed by atoms with Crippen molar-refractivity contribution in [1.29, 1.82) is 0 Å². The second-order valence-corrected chi connectivity index (χ2v) is 3.28. The Morgan fingerprint density at radius 1 is 0.905 bits per heavy atom. The van der Waals surface area contributed by atoms with E-state index in [4.69, 9.17) is 0 Å². The molecule has 0 saturated heterocycles. The average Bonchev–Trinajstić information content (AvgIpc) is 2.60. The van der Waals surface area contributed by atoms with Crippen molar-refractivity contribution < 1.29 is 4.92 Å². The summed E-state index contributed by atoms with van der Waals surface area (Å²) in [5.74, 6) is 0. The predicted molar refractivity (Wildman–Crippen MR) is 89.2 cm³/mol. The van der Waals surface area contributed by atoms with Gasteiger partial charge in [0, 0.05) is 24.5 Å². The van der Waals surface area contributed by atoms with Crippen LogP contribution in [0.5, 0.6) is 0 Å². The molecular formula is C17H24N2O2. The summed E-state index contributed by atoms with van der Waals surface area (Å²) in [4.78, 5) is 13.4. The zero-order chi connectivity index (χ0) is 16.3. The maximum atomic E-state index is 10.0. The van der Waals surface area contributed by atoms with Crippen LogP contribution in [0.3, 0.4) is 0 Å². The van der Waals surface area contributed by atoms with Crippen molar-refractivity contribution in [2.45, 2.75) is 27.7 Å². The van der Waals surface area contributed by atoms with E-state index in [9.17, 15) is 10.1 Å². The topological polar surface area (TPSA) is 56.0 Å². The first-order valence-corrected chi connectivity index (χ1v) is 6.84. The standard InChI is InChI=1S/C6H5NO2.C5H5N.C4H8.C2H6/c8-7(9)6-4-2-1-3-5-6;1-2-4-6-5-3-1;1-3-4-2;1-2/h1-5H;1-5H;3-4H,1-2H3;1-2H3. The van der Waals surface area contributed by atoms with Crippen LogP contribution in [-0.4, -0.2) is 9.91 Å². The maximum Gasteiger partial charge on any atom is 0.269 e. The molecule has 0 radical (unpaired) electrons. The lowest BCUT2D eigenvalue weighted by Crippen LogP contribution is -1.84. The lowest BCUT2D eigenvalue weighted by atomic mass is 10.3. The summed E-state index contributed by atoms with van der Waals surface area (Å²) in [5, 5.41) is 10.0. The third-order valence-electron chi connectivity index (χ3n) is 1.87. The fourth-order valence-electron chi connectivity index (χ4n) is 0.862. The van der Waals surface area contributed by atoms with Gasteiger partial charge in [-0.15, -0.1) is 0 Å². The lowest BCUT2D eigenvalue weighted by molar-refractivity contribution is -0.384. The number of benzene rings is 1. The van der Waals surface area contributed by atoms with Crippen molar-refractivity contribution in [3.63, 3.8) is 0 Å². The summed E-state index contributed by atoms with van der Waals surface area (Å²) in [6.45, 7) is 8.00. The number of nitro groups is 1. The molecule has 4 heteroatoms. The Morgan fingerprint density at radius 3 is 1.52 bits per heavy atom. The zero-order valence-corrected chi connectivity index (χ0v) is 13.1. The van der Waals surface area contributed by atoms with Crippen molar-refractivity contribution in [2.75, 3.05) is 0 Å². The number of nitrogens with zero attached hydrogens (tertiary/aromatic N) is 2. The molecular weight excluding hydrogens is 264 g/mol. The summed E-state index contributed by atoms with van der Waals surface area (Å²) < 4.78 is 0. The third-order valence-corrected chi connectivity index (χ3v) is 1.87. The predicted octanol–water partition coefficient (Wildman–Crippen LogP) is 5.29. The minimum Gasteiger partial charge on any atom is -0.265 e. The fraction of sp³-hybridized carbons (Fsp3) is 0.235. The highest BCUT2D eigenvalue weighted by Gasteiger charge is 1.98. The first-order valence-electron chi connectivity index (χ1n) is 6.84. The number of allylic oxidation sites excluding steroid dienone is 2. The van der Waals surface area contributed by atoms with Crippen LogP contribution in [0.4, 0.5) is 5.69 Å². The quantitative estimate of drug-likeness (QED) is 0.407. The third kappa shape index (κ3) is 15.5. The van der Waals surface area contributed by atoms with E-state index in [1.807, 2.05) is 58.0 Å². The lowest BCUT2D eigenvalue weighted by Gasteiger charge is -1.85. The summed E-state index contributed by atoms with van der Waals surface area (Å²) in [6, 6.07) is 13.6. The molecule has 1 aromatic carbocycles. The van der Waals surface area contributed by atoms with Gasteiger partial charge in [-0.25, -0.2) is 0 Å². The first kappa shape index (κ1) is 20.8. The van der Waals surface area contributed by atoms with Gasteiger partial charge in [0.25, 0.3) is 5.69 Å². The Balaban J connectivity index is 0. The van der Waals surface area contributed by atoms with E-state index in [1.54, 1.807) is 30.6 Å². The number of hydrogen-bond acceptors (Lipinski definition) is 3. The Kier molecular flexibility index (Phi) is 17.4. The molecule has 114 valence electrons. The van der Waals surface area contributed by atoms with Gasteiger partial charge in [0.05, 0.1) is 4.92 Å². The molecule has 4 nitrogen and oxygen atoms in total. The summed E-state index contributed by atoms with van der Waals surface area (Å²) in [7, 11) is 0. The number of hydrogen-bond donors (Lipinski definition) is 0. The molecule has 0 spiro atoms. The number of non-ortho nitro benzene ring substituents is 1. The largest absolute Gasteiger partial charge is 0.269 e. The smallest absolute Gasteiger partial charge is 0.265 e. The Bertz CT molecular complexity index is 426. The van der Waals surface area contributed by atoms with Crippen LogP contribution < -0.4 is 0 Å². The van der Waals surface area contributed by atoms with E-state index < -0.39 is 4.92 Å². The second-order valence-electron chi connectivity index (χ2n) is 3.28. The molecule has 0 saturated carbocycles. The number of aromatic nitrogens is 1. The normalized spacial score (nSPS) is 8.19. The number of pyridine rings is 1. The molecule has 2 rings (SSSR count). The van der Waals surface area contributed by atoms with Gasteiger partial charge in [-0.1, -0.05) is 50.3 Å². The molecule has 0 aliphatic carbocycles. The highest BCUT2D eigenvalue weighted by Crippen LogP contribution is 2.06. The second kappa shape index (κ2) is 17.5. The maximum absolute atomic E-state index is 10.0. The van der Waals surface area contributed by atoms with Gasteiger partial charge in [-0.3, -0.25) is 15.1 Å². The van der Waals surface area contributed by atoms with Crippen LogP contribution in [0, 0.1) is 10.1 Å². The minimum atomic E-state index is -0.417. The fourth-order valence-corrected chi connectivity index (χ4v) is 0.862. The van der Waals surface area contributed by atoms with Gasteiger partial charge >= 0.3 is 0 Å². The Hall–Kier alpha value is -2.49. The molecule has 0 unspecified atom stereocenters. The van der Waals surface area contributed by atoms with Crippen molar-refractivity contribution in [3.8, 4) is 0 Å². The van der Waals surface area contributed by atoms with Crippen LogP contribution in [0.1, 0.15) is 27.7 Å². The first-order chi connectivity index (χ1) is 10.2. The molecule has 2 aromatic rings. The van der Waals surface area contributed by atoms with Gasteiger partial charge < -0.3 is 0 Å². The summed E-state index contributed by atoms with van der Waals surface area (Å²) in [5.41, 5.74) is 0.137. The molecule has 21 heavy (non-hydrogen) atoms. The average molecular weight is 288 g/mol. The van der Waals surface area contributed by atoms with Crippen LogP contribution >= 0.6 is 0 Å². The Morgan fingerprint density at radius 2 is 1.33 bits per heavy atom. The molecule has 0 N–H and O–H groups in total. The van der Waals surface area contributed by atoms with Gasteiger partial charge in [0.1, 0.15) is 0 Å². The van der Waals surface area contributed by atoms with Crippen molar-refractivity contribution >= 4 is 5.69 Å². The number of nitro benzene ring substituents is 1. The van der Waals surface area contributed by atoms with E-state index in [-0.39, 0.29) is 5.69 Å². The van der Waals surface area contributed by atoms with E-state index in [2.05, 4.69) is 4.98 Å². The van der Waals surface area contributed by atoms with Gasteiger partial charge in [0.2, 0.25) is 0 Å². The van der Waals surface area contributed by atoms with Crippen LogP contribution in [-0.2, 0) is 0 Å². The number of para-hydroxylation sites is 1. The van der Waals surface area contributed by atoms with E-state index in [0.717, 1.165) is 0 Å². The van der Waals surface area contributed by atoms with Crippen LogP contribution in [0.25, 0.3) is 0 Å². The van der Waals surface area contributed by atoms with Crippen molar-refractivity contribution in [2.24, 2.45) is 0 Å². The SMILES string of the molecule is CC.CC=CC.O=[N+]([O-])c1ccccc1.c1ccncc1. The van der Waals surface area contributed by atoms with E-state index in [1.165, 1.54) is 12.1 Å². The van der Waals surface area contributed by atoms with Gasteiger partial charge in [0.15, 0.2) is 0 Å². The zero-order valence-electron chi connectivity index (χ0n) is 13.1.